The van der Waals surface area contributed by atoms with Crippen LogP contribution in [0.2, 0.25) is 0 Å². The zero-order valence-corrected chi connectivity index (χ0v) is 17.9. The van der Waals surface area contributed by atoms with Crippen molar-refractivity contribution >= 4 is 6.09 Å². The van der Waals surface area contributed by atoms with Gasteiger partial charge in [0, 0.05) is 17.4 Å². The van der Waals surface area contributed by atoms with E-state index in [0.29, 0.717) is 31.0 Å². The summed E-state index contributed by atoms with van der Waals surface area (Å²) in [5, 5.41) is 2.82. The van der Waals surface area contributed by atoms with Crippen LogP contribution in [0.4, 0.5) is 4.79 Å². The highest BCUT2D eigenvalue weighted by molar-refractivity contribution is 5.67. The van der Waals surface area contributed by atoms with E-state index in [4.69, 9.17) is 9.47 Å². The van der Waals surface area contributed by atoms with Crippen molar-refractivity contribution in [2.45, 2.75) is 59.6 Å². The van der Waals surface area contributed by atoms with Crippen LogP contribution in [0.25, 0.3) is 0 Å². The van der Waals surface area contributed by atoms with E-state index < -0.39 is 0 Å². The molecule has 1 saturated heterocycles. The number of fused-ring (bicyclic) bond motifs is 2. The van der Waals surface area contributed by atoms with Gasteiger partial charge in [-0.3, -0.25) is 0 Å². The van der Waals surface area contributed by atoms with Crippen molar-refractivity contribution < 1.29 is 14.3 Å². The maximum Gasteiger partial charge on any atom is 0.407 e. The second kappa shape index (κ2) is 8.69. The van der Waals surface area contributed by atoms with E-state index in [0.717, 1.165) is 12.8 Å². The number of allylic oxidation sites excluding steroid dienone is 1. The highest BCUT2D eigenvalue weighted by Crippen LogP contribution is 2.53. The first-order valence-electron chi connectivity index (χ1n) is 10.6. The van der Waals surface area contributed by atoms with E-state index in [1.54, 1.807) is 0 Å². The molecule has 154 valence electrons. The van der Waals surface area contributed by atoms with Gasteiger partial charge in [0.05, 0.1) is 12.7 Å². The van der Waals surface area contributed by atoms with Gasteiger partial charge in [-0.05, 0) is 51.0 Å². The fourth-order valence-electron chi connectivity index (χ4n) is 5.08. The monoisotopic (exact) mass is 385 g/mol. The van der Waals surface area contributed by atoms with Gasteiger partial charge in [0.25, 0.3) is 0 Å². The number of amides is 1. The molecule has 2 bridgehead atoms. The molecule has 1 amide bonds. The number of ether oxygens (including phenoxy) is 2. The third kappa shape index (κ3) is 4.27. The molecular formula is C24H35NO3. The van der Waals surface area contributed by atoms with E-state index in [1.807, 2.05) is 13.8 Å². The summed E-state index contributed by atoms with van der Waals surface area (Å²) in [6.45, 7) is 11.7. The Morgan fingerprint density at radius 1 is 1.29 bits per heavy atom. The van der Waals surface area contributed by atoms with E-state index in [9.17, 15) is 4.79 Å². The quantitative estimate of drug-likeness (QED) is 0.702. The van der Waals surface area contributed by atoms with Crippen molar-refractivity contribution in [1.29, 1.82) is 0 Å². The number of alkyl carbamates (subject to hydrolysis) is 1. The van der Waals surface area contributed by atoms with Crippen LogP contribution >= 0.6 is 0 Å². The average Bonchev–Trinajstić information content (AvgIpc) is 2.64. The van der Waals surface area contributed by atoms with Crippen molar-refractivity contribution in [3.8, 4) is 0 Å². The summed E-state index contributed by atoms with van der Waals surface area (Å²) in [6.07, 6.45) is 4.31. The van der Waals surface area contributed by atoms with Crippen molar-refractivity contribution in [1.82, 2.24) is 5.32 Å². The Balaban J connectivity index is 1.71. The molecule has 28 heavy (non-hydrogen) atoms. The third-order valence-electron chi connectivity index (χ3n) is 6.80. The SMILES string of the molecule is CC1=C[C@@H](C)[C@]2(COC(=O)NC(C)C)CO[C@@H](CCc3ccccc3)[C@@H]1[C@H]2C. The van der Waals surface area contributed by atoms with Crippen molar-refractivity contribution in [3.05, 3.63) is 47.5 Å². The summed E-state index contributed by atoms with van der Waals surface area (Å²) in [5.41, 5.74) is 2.62. The molecule has 1 aliphatic heterocycles. The molecule has 1 aromatic carbocycles. The van der Waals surface area contributed by atoms with Gasteiger partial charge in [-0.25, -0.2) is 4.79 Å². The summed E-state index contributed by atoms with van der Waals surface area (Å²) in [4.78, 5) is 12.1. The van der Waals surface area contributed by atoms with Gasteiger partial charge in [-0.15, -0.1) is 0 Å². The Bertz CT molecular complexity index is 699. The fourth-order valence-corrected chi connectivity index (χ4v) is 5.08. The van der Waals surface area contributed by atoms with Crippen LogP contribution in [0, 0.1) is 23.2 Å². The maximum absolute atomic E-state index is 12.1. The van der Waals surface area contributed by atoms with Gasteiger partial charge in [0.2, 0.25) is 0 Å². The zero-order valence-electron chi connectivity index (χ0n) is 17.9. The summed E-state index contributed by atoms with van der Waals surface area (Å²) in [5.74, 6) is 1.11. The van der Waals surface area contributed by atoms with Gasteiger partial charge in [0.1, 0.15) is 6.61 Å². The van der Waals surface area contributed by atoms with E-state index in [-0.39, 0.29) is 23.7 Å². The normalized spacial score (nSPS) is 32.0. The lowest BCUT2D eigenvalue weighted by atomic mass is 9.56. The van der Waals surface area contributed by atoms with Crippen molar-refractivity contribution in [3.63, 3.8) is 0 Å². The Labute approximate surface area is 169 Å². The van der Waals surface area contributed by atoms with Gasteiger partial charge in [-0.2, -0.15) is 0 Å². The second-order valence-corrected chi connectivity index (χ2v) is 9.00. The molecule has 0 saturated carbocycles. The van der Waals surface area contributed by atoms with Crippen LogP contribution in [0.5, 0.6) is 0 Å². The molecule has 1 heterocycles. The van der Waals surface area contributed by atoms with Gasteiger partial charge in [0.15, 0.2) is 0 Å². The molecule has 5 atom stereocenters. The summed E-state index contributed by atoms with van der Waals surface area (Å²) in [7, 11) is 0. The van der Waals surface area contributed by atoms with E-state index in [1.165, 1.54) is 11.1 Å². The topological polar surface area (TPSA) is 47.6 Å². The largest absolute Gasteiger partial charge is 0.449 e. The van der Waals surface area contributed by atoms with Crippen LogP contribution in [0.1, 0.15) is 46.6 Å². The summed E-state index contributed by atoms with van der Waals surface area (Å²) >= 11 is 0. The summed E-state index contributed by atoms with van der Waals surface area (Å²) in [6, 6.07) is 10.7. The average molecular weight is 386 g/mol. The third-order valence-corrected chi connectivity index (χ3v) is 6.80. The van der Waals surface area contributed by atoms with Crippen LogP contribution in [0.3, 0.4) is 0 Å². The highest BCUT2D eigenvalue weighted by atomic mass is 16.6. The molecule has 3 rings (SSSR count). The molecule has 1 N–H and O–H groups in total. The maximum atomic E-state index is 12.1. The minimum Gasteiger partial charge on any atom is -0.449 e. The molecule has 0 unspecified atom stereocenters. The molecule has 1 fully saturated rings. The molecule has 1 aliphatic carbocycles. The predicted molar refractivity (Wildman–Crippen MR) is 112 cm³/mol. The number of aryl methyl sites for hydroxylation is 1. The minimum absolute atomic E-state index is 0.0751. The molecule has 1 aromatic rings. The number of carbonyl (C=O) groups is 1. The first kappa shape index (κ1) is 20.9. The van der Waals surface area contributed by atoms with Crippen LogP contribution in [-0.4, -0.2) is 31.5 Å². The molecule has 4 nitrogen and oxygen atoms in total. The van der Waals surface area contributed by atoms with Crippen molar-refractivity contribution in [2.24, 2.45) is 23.2 Å². The van der Waals surface area contributed by atoms with Gasteiger partial charge in [-0.1, -0.05) is 55.8 Å². The number of hydrogen-bond acceptors (Lipinski definition) is 3. The number of hydrogen-bond donors (Lipinski definition) is 1. The molecule has 0 spiro atoms. The number of carbonyl (C=O) groups excluding carboxylic acids is 1. The molecule has 4 heteroatoms. The zero-order chi connectivity index (χ0) is 20.3. The van der Waals surface area contributed by atoms with Crippen LogP contribution in [0.15, 0.2) is 42.0 Å². The first-order valence-corrected chi connectivity index (χ1v) is 10.6. The van der Waals surface area contributed by atoms with Gasteiger partial charge >= 0.3 is 6.09 Å². The van der Waals surface area contributed by atoms with E-state index >= 15 is 0 Å². The van der Waals surface area contributed by atoms with Gasteiger partial charge < -0.3 is 14.8 Å². The number of rotatable bonds is 6. The Kier molecular flexibility index (Phi) is 6.49. The Hall–Kier alpha value is -1.81. The van der Waals surface area contributed by atoms with Crippen LogP contribution in [-0.2, 0) is 15.9 Å². The lowest BCUT2D eigenvalue weighted by molar-refractivity contribution is -0.164. The smallest absolute Gasteiger partial charge is 0.407 e. The molecular weight excluding hydrogens is 350 g/mol. The summed E-state index contributed by atoms with van der Waals surface area (Å²) < 4.78 is 12.1. The minimum atomic E-state index is -0.335. The lowest BCUT2D eigenvalue weighted by Crippen LogP contribution is -2.57. The van der Waals surface area contributed by atoms with Crippen LogP contribution < -0.4 is 5.32 Å². The standard InChI is InChI=1S/C24H35NO3/c1-16(2)25-23(26)28-15-24-14-27-21(12-11-20-9-7-6-8-10-20)22(19(24)5)17(3)13-18(24)4/h6-10,13,16,18-19,21-22H,11-12,14-15H2,1-5H3,(H,25,26)/t18-,19-,21+,22+,24-/m1/s1. The molecule has 0 aromatic heterocycles. The first-order chi connectivity index (χ1) is 13.3. The van der Waals surface area contributed by atoms with Crippen molar-refractivity contribution in [2.75, 3.05) is 13.2 Å². The van der Waals surface area contributed by atoms with E-state index in [2.05, 4.69) is 62.5 Å². The fraction of sp³-hybridized carbons (Fsp3) is 0.625. The second-order valence-electron chi connectivity index (χ2n) is 9.00. The Morgan fingerprint density at radius 2 is 2.00 bits per heavy atom. The predicted octanol–water partition coefficient (Wildman–Crippen LogP) is 4.99. The number of benzene rings is 1. The Morgan fingerprint density at radius 3 is 2.68 bits per heavy atom. The molecule has 0 radical (unpaired) electrons. The highest BCUT2D eigenvalue weighted by Gasteiger charge is 2.54. The molecule has 2 aliphatic rings. The lowest BCUT2D eigenvalue weighted by Gasteiger charge is -2.55. The number of nitrogens with one attached hydrogen (secondary N) is 1.